The molecule has 1 aliphatic heterocycles. The van der Waals surface area contributed by atoms with E-state index in [-0.39, 0.29) is 17.7 Å². The number of fused-ring (bicyclic) bond motifs is 3. The fraction of sp³-hybridized carbons (Fsp3) is 0.190. The van der Waals surface area contributed by atoms with E-state index in [1.54, 1.807) is 23.2 Å². The lowest BCUT2D eigenvalue weighted by atomic mass is 10.1. The lowest BCUT2D eigenvalue weighted by molar-refractivity contribution is -0.125. The number of nitrogens with one attached hydrogen (secondary N) is 1. The van der Waals surface area contributed by atoms with Crippen molar-refractivity contribution in [3.05, 3.63) is 55.4 Å². The molecule has 1 atom stereocenters. The van der Waals surface area contributed by atoms with Crippen molar-refractivity contribution in [1.29, 1.82) is 0 Å². The van der Waals surface area contributed by atoms with Crippen molar-refractivity contribution in [2.75, 3.05) is 13.1 Å². The number of hydrogen-bond donors (Lipinski definition) is 2. The molecule has 0 radical (unpaired) electrons. The summed E-state index contributed by atoms with van der Waals surface area (Å²) in [6.07, 6.45) is 5.76. The predicted octanol–water partition coefficient (Wildman–Crippen LogP) is 3.24. The summed E-state index contributed by atoms with van der Waals surface area (Å²) in [4.78, 5) is 26.3. The lowest BCUT2D eigenvalue weighted by Gasteiger charge is -2.19. The van der Waals surface area contributed by atoms with Crippen LogP contribution >= 0.6 is 0 Å². The van der Waals surface area contributed by atoms with E-state index in [4.69, 9.17) is 4.98 Å². The quantitative estimate of drug-likeness (QED) is 0.540. The van der Waals surface area contributed by atoms with E-state index in [1.165, 1.54) is 6.08 Å². The standard InChI is InChI=1S/C21H19N5O2/c1-2-18(28)25-10-8-13(12-25)26-19-15-7-9-22-20(15)23-11-16(19)24-21(26)14-5-3-4-6-17(14)27/h2-7,9,11,13,27H,1,8,10,12H2,(H,22,23). The number of imidazole rings is 1. The molecular formula is C21H19N5O2. The number of H-pyrrole nitrogens is 1. The summed E-state index contributed by atoms with van der Waals surface area (Å²) in [6.45, 7) is 4.84. The molecule has 1 aromatic carbocycles. The Morgan fingerprint density at radius 3 is 3.00 bits per heavy atom. The highest BCUT2D eigenvalue weighted by Crippen LogP contribution is 2.38. The molecule has 1 amide bonds. The molecule has 4 heterocycles. The summed E-state index contributed by atoms with van der Waals surface area (Å²) in [5, 5.41) is 11.4. The molecule has 2 N–H and O–H groups in total. The smallest absolute Gasteiger partial charge is 0.246 e. The Bertz CT molecular complexity index is 1220. The first-order valence-electron chi connectivity index (χ1n) is 9.21. The second-order valence-electron chi connectivity index (χ2n) is 6.99. The second kappa shape index (κ2) is 6.23. The van der Waals surface area contributed by atoms with E-state index in [0.29, 0.717) is 24.5 Å². The number of aromatic nitrogens is 4. The summed E-state index contributed by atoms with van der Waals surface area (Å²) in [5.74, 6) is 0.792. The van der Waals surface area contributed by atoms with Crippen molar-refractivity contribution < 1.29 is 9.90 Å². The Balaban J connectivity index is 1.76. The van der Waals surface area contributed by atoms with Gasteiger partial charge in [-0.1, -0.05) is 18.7 Å². The van der Waals surface area contributed by atoms with E-state index in [1.807, 2.05) is 24.4 Å². The molecule has 1 fully saturated rings. The Hall–Kier alpha value is -3.61. The Kier molecular flexibility index (Phi) is 3.68. The number of carbonyl (C=O) groups is 1. The molecule has 0 saturated carbocycles. The number of carbonyl (C=O) groups excluding carboxylic acids is 1. The van der Waals surface area contributed by atoms with Crippen LogP contribution in [0.4, 0.5) is 0 Å². The maximum atomic E-state index is 12.1. The van der Waals surface area contributed by atoms with Crippen molar-refractivity contribution in [3.8, 4) is 17.1 Å². The number of para-hydroxylation sites is 1. The number of phenols is 1. The van der Waals surface area contributed by atoms with Gasteiger partial charge in [0.25, 0.3) is 0 Å². The first-order valence-corrected chi connectivity index (χ1v) is 9.21. The van der Waals surface area contributed by atoms with Crippen molar-refractivity contribution in [2.45, 2.75) is 12.5 Å². The van der Waals surface area contributed by atoms with E-state index < -0.39 is 0 Å². The molecular weight excluding hydrogens is 354 g/mol. The van der Waals surface area contributed by atoms with E-state index in [0.717, 1.165) is 28.5 Å². The molecule has 7 nitrogen and oxygen atoms in total. The van der Waals surface area contributed by atoms with Crippen molar-refractivity contribution >= 4 is 28.0 Å². The van der Waals surface area contributed by atoms with Crippen LogP contribution in [0.25, 0.3) is 33.5 Å². The van der Waals surface area contributed by atoms with Crippen molar-refractivity contribution in [3.63, 3.8) is 0 Å². The van der Waals surface area contributed by atoms with Gasteiger partial charge in [-0.05, 0) is 30.7 Å². The number of pyridine rings is 1. The molecule has 5 rings (SSSR count). The number of benzene rings is 1. The molecule has 28 heavy (non-hydrogen) atoms. The predicted molar refractivity (Wildman–Crippen MR) is 107 cm³/mol. The van der Waals surface area contributed by atoms with Gasteiger partial charge in [0.1, 0.15) is 22.7 Å². The van der Waals surface area contributed by atoms with Crippen LogP contribution in [0.2, 0.25) is 0 Å². The van der Waals surface area contributed by atoms with Crippen LogP contribution in [-0.4, -0.2) is 48.5 Å². The Morgan fingerprint density at radius 2 is 2.18 bits per heavy atom. The molecule has 0 spiro atoms. The van der Waals surface area contributed by atoms with E-state index in [9.17, 15) is 9.90 Å². The van der Waals surface area contributed by atoms with Crippen LogP contribution in [-0.2, 0) is 4.79 Å². The fourth-order valence-electron chi connectivity index (χ4n) is 4.08. The third-order valence-electron chi connectivity index (χ3n) is 5.39. The van der Waals surface area contributed by atoms with Gasteiger partial charge in [-0.2, -0.15) is 0 Å². The molecule has 1 aliphatic rings. The monoisotopic (exact) mass is 373 g/mol. The molecule has 0 bridgehead atoms. The third kappa shape index (κ3) is 2.40. The van der Waals surface area contributed by atoms with Gasteiger partial charge in [0, 0.05) is 24.7 Å². The highest BCUT2D eigenvalue weighted by atomic mass is 16.3. The lowest BCUT2D eigenvalue weighted by Crippen LogP contribution is -2.27. The van der Waals surface area contributed by atoms with Gasteiger partial charge < -0.3 is 19.6 Å². The van der Waals surface area contributed by atoms with Crippen LogP contribution < -0.4 is 0 Å². The van der Waals surface area contributed by atoms with Gasteiger partial charge in [0.05, 0.1) is 23.3 Å². The maximum absolute atomic E-state index is 12.1. The second-order valence-corrected chi connectivity index (χ2v) is 6.99. The number of aromatic amines is 1. The van der Waals surface area contributed by atoms with Crippen LogP contribution in [0, 0.1) is 0 Å². The highest BCUT2D eigenvalue weighted by molar-refractivity contribution is 6.02. The number of phenolic OH excluding ortho intramolecular Hbond substituents is 1. The number of aromatic hydroxyl groups is 1. The average Bonchev–Trinajstić information content (AvgIpc) is 3.43. The molecule has 3 aromatic heterocycles. The minimum absolute atomic E-state index is 0.0454. The maximum Gasteiger partial charge on any atom is 0.246 e. The van der Waals surface area contributed by atoms with Gasteiger partial charge in [0.15, 0.2) is 0 Å². The molecule has 4 aromatic rings. The first kappa shape index (κ1) is 16.6. The molecule has 7 heteroatoms. The van der Waals surface area contributed by atoms with Crippen LogP contribution in [0.5, 0.6) is 5.75 Å². The van der Waals surface area contributed by atoms with Crippen molar-refractivity contribution in [1.82, 2.24) is 24.4 Å². The largest absolute Gasteiger partial charge is 0.507 e. The zero-order valence-corrected chi connectivity index (χ0v) is 15.2. The zero-order valence-electron chi connectivity index (χ0n) is 15.2. The third-order valence-corrected chi connectivity index (χ3v) is 5.39. The zero-order chi connectivity index (χ0) is 19.3. The number of likely N-dealkylation sites (tertiary alicyclic amines) is 1. The molecule has 1 saturated heterocycles. The van der Waals surface area contributed by atoms with Gasteiger partial charge in [-0.15, -0.1) is 0 Å². The normalized spacial score (nSPS) is 16.9. The summed E-state index contributed by atoms with van der Waals surface area (Å²) < 4.78 is 2.15. The highest BCUT2D eigenvalue weighted by Gasteiger charge is 2.30. The molecule has 0 aliphatic carbocycles. The summed E-state index contributed by atoms with van der Waals surface area (Å²) in [6, 6.07) is 9.22. The number of rotatable bonds is 3. The minimum Gasteiger partial charge on any atom is -0.507 e. The summed E-state index contributed by atoms with van der Waals surface area (Å²) >= 11 is 0. The number of hydrogen-bond acceptors (Lipinski definition) is 4. The van der Waals surface area contributed by atoms with Gasteiger partial charge in [-0.3, -0.25) is 4.79 Å². The molecule has 140 valence electrons. The minimum atomic E-state index is -0.0653. The van der Waals surface area contributed by atoms with Crippen LogP contribution in [0.1, 0.15) is 12.5 Å². The van der Waals surface area contributed by atoms with Crippen LogP contribution in [0.3, 0.4) is 0 Å². The van der Waals surface area contributed by atoms with Gasteiger partial charge in [-0.25, -0.2) is 9.97 Å². The SMILES string of the molecule is C=CC(=O)N1CCC(n2c(-c3ccccc3O)nc3cnc4[nH]ccc4c32)C1. The van der Waals surface area contributed by atoms with E-state index >= 15 is 0 Å². The first-order chi connectivity index (χ1) is 13.7. The summed E-state index contributed by atoms with van der Waals surface area (Å²) in [5.41, 5.74) is 3.17. The van der Waals surface area contributed by atoms with Crippen LogP contribution in [0.15, 0.2) is 55.4 Å². The molecule has 1 unspecified atom stereocenters. The van der Waals surface area contributed by atoms with Crippen molar-refractivity contribution in [2.24, 2.45) is 0 Å². The average molecular weight is 373 g/mol. The number of amides is 1. The topological polar surface area (TPSA) is 87.0 Å². The van der Waals surface area contributed by atoms with Gasteiger partial charge in [0.2, 0.25) is 5.91 Å². The Labute approximate surface area is 160 Å². The summed E-state index contributed by atoms with van der Waals surface area (Å²) in [7, 11) is 0. The van der Waals surface area contributed by atoms with Gasteiger partial charge >= 0.3 is 0 Å². The fourth-order valence-corrected chi connectivity index (χ4v) is 4.08. The number of nitrogens with zero attached hydrogens (tertiary/aromatic N) is 4. The van der Waals surface area contributed by atoms with E-state index in [2.05, 4.69) is 21.1 Å². The Morgan fingerprint density at radius 1 is 1.32 bits per heavy atom.